The molecule has 0 saturated carbocycles. The third kappa shape index (κ3) is 6.05. The Kier molecular flexibility index (Phi) is 6.95. The van der Waals surface area contributed by atoms with E-state index in [-0.39, 0.29) is 24.1 Å². The Morgan fingerprint density at radius 1 is 1.31 bits per heavy atom. The number of hydrogen-bond donors (Lipinski definition) is 1. The predicted molar refractivity (Wildman–Crippen MR) is 92.9 cm³/mol. The number of carbonyl (C=O) groups excluding carboxylic acids is 1. The highest BCUT2D eigenvalue weighted by Crippen LogP contribution is 2.32. The Bertz CT molecular complexity index is 1000. The van der Waals surface area contributed by atoms with Gasteiger partial charge in [0, 0.05) is 18.3 Å². The smallest absolute Gasteiger partial charge is 0.417 e. The van der Waals surface area contributed by atoms with Crippen molar-refractivity contribution in [2.45, 2.75) is 6.18 Å². The van der Waals surface area contributed by atoms with Crippen LogP contribution in [0.15, 0.2) is 30.5 Å². The third-order valence-corrected chi connectivity index (χ3v) is 3.55. The molecule has 0 saturated heterocycles. The maximum atomic E-state index is 13.6. The predicted octanol–water partition coefficient (Wildman–Crippen LogP) is 3.61. The minimum atomic E-state index is -4.59. The molecular formula is C17H10ClF4N3O4. The van der Waals surface area contributed by atoms with E-state index in [2.05, 4.69) is 22.1 Å². The quantitative estimate of drug-likeness (QED) is 0.338. The first-order valence-electron chi connectivity index (χ1n) is 7.63. The molecule has 152 valence electrons. The van der Waals surface area contributed by atoms with Crippen molar-refractivity contribution in [2.75, 3.05) is 13.2 Å². The first-order valence-corrected chi connectivity index (χ1v) is 8.01. The van der Waals surface area contributed by atoms with E-state index < -0.39 is 39.6 Å². The van der Waals surface area contributed by atoms with Crippen LogP contribution in [0, 0.1) is 27.8 Å². The number of ether oxygens (including phenoxy) is 1. The zero-order valence-corrected chi connectivity index (χ0v) is 15.0. The van der Waals surface area contributed by atoms with Gasteiger partial charge in [0.15, 0.2) is 6.61 Å². The van der Waals surface area contributed by atoms with Crippen LogP contribution in [-0.4, -0.2) is 29.0 Å². The van der Waals surface area contributed by atoms with E-state index in [9.17, 15) is 32.5 Å². The normalized spacial score (nSPS) is 10.7. The van der Waals surface area contributed by atoms with Crippen LogP contribution in [0.5, 0.6) is 5.88 Å². The van der Waals surface area contributed by atoms with Crippen molar-refractivity contribution in [1.82, 2.24) is 10.3 Å². The van der Waals surface area contributed by atoms with E-state index in [1.165, 1.54) is 0 Å². The van der Waals surface area contributed by atoms with Crippen molar-refractivity contribution in [2.24, 2.45) is 0 Å². The number of benzene rings is 1. The van der Waals surface area contributed by atoms with E-state index in [0.29, 0.717) is 12.3 Å². The summed E-state index contributed by atoms with van der Waals surface area (Å²) in [6.07, 6.45) is -4.03. The number of rotatable bonds is 5. The molecule has 1 heterocycles. The Labute approximate surface area is 165 Å². The van der Waals surface area contributed by atoms with Crippen LogP contribution in [0.1, 0.15) is 15.9 Å². The van der Waals surface area contributed by atoms with Gasteiger partial charge in [0.05, 0.1) is 22.6 Å². The van der Waals surface area contributed by atoms with E-state index >= 15 is 0 Å². The number of nitro benzene ring substituents is 1. The van der Waals surface area contributed by atoms with Crippen LogP contribution in [0.3, 0.4) is 0 Å². The van der Waals surface area contributed by atoms with Gasteiger partial charge in [0.25, 0.3) is 11.6 Å². The second-order valence-corrected chi connectivity index (χ2v) is 5.66. The molecule has 1 N–H and O–H groups in total. The fourth-order valence-electron chi connectivity index (χ4n) is 1.93. The molecule has 29 heavy (non-hydrogen) atoms. The highest BCUT2D eigenvalue weighted by Gasteiger charge is 2.31. The maximum absolute atomic E-state index is 13.6. The van der Waals surface area contributed by atoms with Crippen molar-refractivity contribution >= 4 is 23.2 Å². The lowest BCUT2D eigenvalue weighted by atomic mass is 10.1. The highest BCUT2D eigenvalue weighted by atomic mass is 35.5. The van der Waals surface area contributed by atoms with Gasteiger partial charge in [-0.1, -0.05) is 23.4 Å². The summed E-state index contributed by atoms with van der Waals surface area (Å²) >= 11 is 5.66. The lowest BCUT2D eigenvalue weighted by Crippen LogP contribution is -2.24. The molecule has 0 unspecified atom stereocenters. The number of hydrogen-bond acceptors (Lipinski definition) is 5. The molecule has 2 rings (SSSR count). The highest BCUT2D eigenvalue weighted by molar-refractivity contribution is 6.31. The molecule has 0 spiro atoms. The number of nitrogens with zero attached hydrogens (tertiary/aromatic N) is 2. The van der Waals surface area contributed by atoms with Crippen molar-refractivity contribution in [3.63, 3.8) is 0 Å². The van der Waals surface area contributed by atoms with Gasteiger partial charge >= 0.3 is 6.18 Å². The Hall–Kier alpha value is -3.39. The van der Waals surface area contributed by atoms with E-state index in [1.807, 2.05) is 0 Å². The molecule has 0 aliphatic rings. The number of carbonyl (C=O) groups is 1. The number of pyridine rings is 1. The number of nitrogens with one attached hydrogen (secondary N) is 1. The SMILES string of the molecule is O=C(NCC#CCOc1ncc(C(F)(F)F)cc1Cl)c1cc([N+](=O)[O-])ccc1F. The molecule has 0 fully saturated rings. The van der Waals surface area contributed by atoms with Crippen molar-refractivity contribution in [1.29, 1.82) is 0 Å². The molecule has 1 aromatic carbocycles. The summed E-state index contributed by atoms with van der Waals surface area (Å²) in [6, 6.07) is 3.17. The molecule has 1 aromatic heterocycles. The number of halogens is 5. The fourth-order valence-corrected chi connectivity index (χ4v) is 2.15. The third-order valence-electron chi connectivity index (χ3n) is 3.28. The standard InChI is InChI=1S/C17H10ClF4N3O4/c18-13-7-10(17(20,21)22)9-24-16(13)29-6-2-1-5-23-15(26)12-8-11(25(27)28)3-4-14(12)19/h3-4,7-9H,5-6H2,(H,23,26). The summed E-state index contributed by atoms with van der Waals surface area (Å²) in [6.45, 7) is -0.530. The van der Waals surface area contributed by atoms with Gasteiger partial charge in [-0.3, -0.25) is 14.9 Å². The summed E-state index contributed by atoms with van der Waals surface area (Å²) in [4.78, 5) is 25.2. The maximum Gasteiger partial charge on any atom is 0.417 e. The minimum Gasteiger partial charge on any atom is -0.463 e. The number of amides is 1. The van der Waals surface area contributed by atoms with E-state index in [1.54, 1.807) is 0 Å². The van der Waals surface area contributed by atoms with E-state index in [4.69, 9.17) is 16.3 Å². The molecule has 12 heteroatoms. The van der Waals surface area contributed by atoms with Crippen LogP contribution in [0.4, 0.5) is 23.2 Å². The number of non-ortho nitro benzene ring substituents is 1. The van der Waals surface area contributed by atoms with Crippen molar-refractivity contribution in [3.05, 3.63) is 62.5 Å². The van der Waals surface area contributed by atoms with Gasteiger partial charge in [0.2, 0.25) is 5.88 Å². The molecule has 2 aromatic rings. The minimum absolute atomic E-state index is 0.238. The van der Waals surface area contributed by atoms with E-state index in [0.717, 1.165) is 18.2 Å². The number of aromatic nitrogens is 1. The Morgan fingerprint density at radius 3 is 2.66 bits per heavy atom. The number of alkyl halides is 3. The zero-order chi connectivity index (χ0) is 21.6. The Morgan fingerprint density at radius 2 is 2.03 bits per heavy atom. The topological polar surface area (TPSA) is 94.4 Å². The average molecular weight is 432 g/mol. The number of nitro groups is 1. The molecule has 0 radical (unpaired) electrons. The second-order valence-electron chi connectivity index (χ2n) is 5.25. The summed E-state index contributed by atoms with van der Waals surface area (Å²) in [5.41, 5.74) is -1.99. The molecule has 0 bridgehead atoms. The van der Waals surface area contributed by atoms with Crippen LogP contribution in [0.2, 0.25) is 5.02 Å². The van der Waals surface area contributed by atoms with Gasteiger partial charge in [-0.25, -0.2) is 9.37 Å². The van der Waals surface area contributed by atoms with Crippen LogP contribution in [-0.2, 0) is 6.18 Å². The van der Waals surface area contributed by atoms with Gasteiger partial charge < -0.3 is 10.1 Å². The molecular weight excluding hydrogens is 422 g/mol. The monoisotopic (exact) mass is 431 g/mol. The molecule has 1 amide bonds. The van der Waals surface area contributed by atoms with Crippen LogP contribution in [0.25, 0.3) is 0 Å². The first kappa shape index (κ1) is 21.9. The van der Waals surface area contributed by atoms with Crippen molar-refractivity contribution < 1.29 is 32.0 Å². The van der Waals surface area contributed by atoms with Crippen LogP contribution >= 0.6 is 11.6 Å². The average Bonchev–Trinajstić information content (AvgIpc) is 2.64. The second kappa shape index (κ2) is 9.20. The van der Waals surface area contributed by atoms with Gasteiger partial charge in [-0.05, 0) is 12.1 Å². The summed E-state index contributed by atoms with van der Waals surface area (Å²) in [7, 11) is 0. The first-order chi connectivity index (χ1) is 13.6. The molecule has 0 aliphatic carbocycles. The van der Waals surface area contributed by atoms with Gasteiger partial charge in [-0.15, -0.1) is 0 Å². The van der Waals surface area contributed by atoms with Crippen molar-refractivity contribution in [3.8, 4) is 17.7 Å². The molecule has 7 nitrogen and oxygen atoms in total. The summed E-state index contributed by atoms with van der Waals surface area (Å²) < 4.78 is 56.2. The zero-order valence-electron chi connectivity index (χ0n) is 14.2. The van der Waals surface area contributed by atoms with Crippen LogP contribution < -0.4 is 10.1 Å². The molecule has 0 aliphatic heterocycles. The lowest BCUT2D eigenvalue weighted by molar-refractivity contribution is -0.384. The summed E-state index contributed by atoms with van der Waals surface area (Å²) in [5.74, 6) is 2.80. The largest absolute Gasteiger partial charge is 0.463 e. The Balaban J connectivity index is 1.88. The lowest BCUT2D eigenvalue weighted by Gasteiger charge is -2.08. The fraction of sp³-hybridized carbons (Fsp3) is 0.176. The summed E-state index contributed by atoms with van der Waals surface area (Å²) in [5, 5.41) is 12.6. The van der Waals surface area contributed by atoms with Gasteiger partial charge in [0.1, 0.15) is 10.8 Å². The van der Waals surface area contributed by atoms with Gasteiger partial charge in [-0.2, -0.15) is 13.2 Å². The molecule has 0 atom stereocenters.